The Bertz CT molecular complexity index is 1120. The molecule has 0 aliphatic heterocycles. The maximum atomic E-state index is 13.0. The molecule has 1 aromatic heterocycles. The Balaban J connectivity index is 1.91. The molecule has 3 rings (SSSR count). The molecular formula is C22H21N3O7. The number of methoxy groups -OCH3 is 2. The van der Waals surface area contributed by atoms with Crippen molar-refractivity contribution in [3.8, 4) is 28.9 Å². The molecule has 0 saturated carbocycles. The fourth-order valence-corrected chi connectivity index (χ4v) is 2.82. The number of nitrogens with one attached hydrogen (secondary N) is 1. The van der Waals surface area contributed by atoms with Gasteiger partial charge < -0.3 is 24.3 Å². The SMILES string of the molecule is CCOc1cc(C(=O)Nc2cccnc2Oc2ccc(OC)cc2)c([N+](=O)[O-])cc1OC. The van der Waals surface area contributed by atoms with Gasteiger partial charge in [-0.2, -0.15) is 0 Å². The molecule has 0 radical (unpaired) electrons. The van der Waals surface area contributed by atoms with Crippen LogP contribution in [-0.2, 0) is 0 Å². The van der Waals surface area contributed by atoms with Gasteiger partial charge in [-0.15, -0.1) is 0 Å². The topological polar surface area (TPSA) is 122 Å². The van der Waals surface area contributed by atoms with E-state index in [9.17, 15) is 14.9 Å². The third kappa shape index (κ3) is 5.04. The number of nitro groups is 1. The normalized spacial score (nSPS) is 10.2. The van der Waals surface area contributed by atoms with Crippen LogP contribution < -0.4 is 24.3 Å². The van der Waals surface area contributed by atoms with Crippen LogP contribution in [0.2, 0.25) is 0 Å². The monoisotopic (exact) mass is 439 g/mol. The zero-order chi connectivity index (χ0) is 23.1. The number of ether oxygens (including phenoxy) is 4. The minimum absolute atomic E-state index is 0.118. The average molecular weight is 439 g/mol. The Morgan fingerprint density at radius 1 is 1.06 bits per heavy atom. The first-order valence-electron chi connectivity index (χ1n) is 9.54. The van der Waals surface area contributed by atoms with Gasteiger partial charge in [-0.05, 0) is 43.3 Å². The maximum absolute atomic E-state index is 13.0. The lowest BCUT2D eigenvalue weighted by Gasteiger charge is -2.13. The lowest BCUT2D eigenvalue weighted by Crippen LogP contribution is -2.15. The molecule has 166 valence electrons. The molecule has 0 bridgehead atoms. The van der Waals surface area contributed by atoms with Crippen LogP contribution in [-0.4, -0.2) is 36.6 Å². The zero-order valence-electron chi connectivity index (χ0n) is 17.7. The molecular weight excluding hydrogens is 418 g/mol. The summed E-state index contributed by atoms with van der Waals surface area (Å²) in [6.07, 6.45) is 1.50. The van der Waals surface area contributed by atoms with Crippen LogP contribution >= 0.6 is 0 Å². The van der Waals surface area contributed by atoms with Gasteiger partial charge in [-0.3, -0.25) is 14.9 Å². The van der Waals surface area contributed by atoms with Gasteiger partial charge >= 0.3 is 0 Å². The second-order valence-electron chi connectivity index (χ2n) is 6.30. The number of aromatic nitrogens is 1. The number of amides is 1. The standard InChI is InChI=1S/C22H21N3O7/c1-4-31-20-12-16(18(25(27)28)13-19(20)30-3)21(26)24-17-6-5-11-23-22(17)32-15-9-7-14(29-2)8-10-15/h5-13H,4H2,1-3H3,(H,24,26). The molecule has 0 aliphatic rings. The molecule has 0 fully saturated rings. The van der Waals surface area contributed by atoms with E-state index in [0.717, 1.165) is 6.07 Å². The number of rotatable bonds is 9. The smallest absolute Gasteiger partial charge is 0.286 e. The Morgan fingerprint density at radius 2 is 1.78 bits per heavy atom. The minimum Gasteiger partial charge on any atom is -0.497 e. The minimum atomic E-state index is -0.729. The highest BCUT2D eigenvalue weighted by molar-refractivity contribution is 6.08. The number of nitro benzene ring substituents is 1. The molecule has 0 atom stereocenters. The average Bonchev–Trinajstić information content (AvgIpc) is 2.80. The van der Waals surface area contributed by atoms with Crippen molar-refractivity contribution >= 4 is 17.3 Å². The summed E-state index contributed by atoms with van der Waals surface area (Å²) in [7, 11) is 2.91. The number of hydrogen-bond donors (Lipinski definition) is 1. The summed E-state index contributed by atoms with van der Waals surface area (Å²) in [6.45, 7) is 2.04. The van der Waals surface area contributed by atoms with Crippen LogP contribution in [0.5, 0.6) is 28.9 Å². The van der Waals surface area contributed by atoms with Crippen molar-refractivity contribution in [3.63, 3.8) is 0 Å². The number of nitrogens with zero attached hydrogens (tertiary/aromatic N) is 2. The summed E-state index contributed by atoms with van der Waals surface area (Å²) in [5.74, 6) is 0.879. The highest BCUT2D eigenvalue weighted by Crippen LogP contribution is 2.36. The van der Waals surface area contributed by atoms with Crippen molar-refractivity contribution < 1.29 is 28.7 Å². The fraction of sp³-hybridized carbons (Fsp3) is 0.182. The summed E-state index contributed by atoms with van der Waals surface area (Å²) >= 11 is 0. The van der Waals surface area contributed by atoms with Gasteiger partial charge in [0.2, 0.25) is 5.88 Å². The number of pyridine rings is 1. The molecule has 0 spiro atoms. The summed E-state index contributed by atoms with van der Waals surface area (Å²) in [4.78, 5) is 28.0. The lowest BCUT2D eigenvalue weighted by atomic mass is 10.1. The third-order valence-electron chi connectivity index (χ3n) is 4.32. The van der Waals surface area contributed by atoms with Gasteiger partial charge in [0, 0.05) is 12.3 Å². The fourth-order valence-electron chi connectivity index (χ4n) is 2.82. The molecule has 2 aromatic carbocycles. The summed E-state index contributed by atoms with van der Waals surface area (Å²) in [6, 6.07) is 12.4. The van der Waals surface area contributed by atoms with E-state index >= 15 is 0 Å². The van der Waals surface area contributed by atoms with E-state index in [0.29, 0.717) is 11.5 Å². The molecule has 0 aliphatic carbocycles. The van der Waals surface area contributed by atoms with E-state index in [1.54, 1.807) is 50.4 Å². The third-order valence-corrected chi connectivity index (χ3v) is 4.32. The maximum Gasteiger partial charge on any atom is 0.286 e. The molecule has 32 heavy (non-hydrogen) atoms. The summed E-state index contributed by atoms with van der Waals surface area (Å²) in [5, 5.41) is 14.2. The summed E-state index contributed by atoms with van der Waals surface area (Å²) in [5.41, 5.74) is -0.390. The van der Waals surface area contributed by atoms with Crippen molar-refractivity contribution in [2.45, 2.75) is 6.92 Å². The molecule has 0 unspecified atom stereocenters. The van der Waals surface area contributed by atoms with Gasteiger partial charge in [0.05, 0.1) is 31.8 Å². The highest BCUT2D eigenvalue weighted by Gasteiger charge is 2.25. The predicted molar refractivity (Wildman–Crippen MR) is 116 cm³/mol. The van der Waals surface area contributed by atoms with Gasteiger partial charge in [0.15, 0.2) is 11.5 Å². The van der Waals surface area contributed by atoms with Crippen molar-refractivity contribution in [3.05, 3.63) is 70.4 Å². The molecule has 1 N–H and O–H groups in total. The van der Waals surface area contributed by atoms with Gasteiger partial charge in [-0.1, -0.05) is 0 Å². The Hall–Kier alpha value is -4.34. The molecule has 10 nitrogen and oxygen atoms in total. The van der Waals surface area contributed by atoms with Crippen molar-refractivity contribution in [1.29, 1.82) is 0 Å². The van der Waals surface area contributed by atoms with Gasteiger partial charge in [-0.25, -0.2) is 4.98 Å². The second kappa shape index (κ2) is 10.1. The van der Waals surface area contributed by atoms with Gasteiger partial charge in [0.1, 0.15) is 22.7 Å². The quantitative estimate of drug-likeness (QED) is 0.383. The van der Waals surface area contributed by atoms with E-state index < -0.39 is 16.5 Å². The van der Waals surface area contributed by atoms with E-state index in [1.807, 2.05) is 0 Å². The van der Waals surface area contributed by atoms with Crippen LogP contribution in [0, 0.1) is 10.1 Å². The number of hydrogen-bond acceptors (Lipinski definition) is 8. The number of carbonyl (C=O) groups is 1. The number of carbonyl (C=O) groups excluding carboxylic acids is 1. The van der Waals surface area contributed by atoms with Crippen LogP contribution in [0.3, 0.4) is 0 Å². The first-order valence-corrected chi connectivity index (χ1v) is 9.54. The predicted octanol–water partition coefficient (Wildman–Crippen LogP) is 4.45. The second-order valence-corrected chi connectivity index (χ2v) is 6.30. The van der Waals surface area contributed by atoms with Crippen molar-refractivity contribution in [1.82, 2.24) is 4.98 Å². The summed E-state index contributed by atoms with van der Waals surface area (Å²) < 4.78 is 21.5. The van der Waals surface area contributed by atoms with Crippen molar-refractivity contribution in [2.75, 3.05) is 26.1 Å². The van der Waals surface area contributed by atoms with E-state index in [4.69, 9.17) is 18.9 Å². The molecule has 0 saturated heterocycles. The van der Waals surface area contributed by atoms with Crippen molar-refractivity contribution in [2.24, 2.45) is 0 Å². The first-order chi connectivity index (χ1) is 15.5. The Labute approximate surface area is 183 Å². The Kier molecular flexibility index (Phi) is 7.06. The van der Waals surface area contributed by atoms with Crippen LogP contribution in [0.4, 0.5) is 11.4 Å². The van der Waals surface area contributed by atoms with E-state index in [1.165, 1.54) is 19.4 Å². The molecule has 3 aromatic rings. The van der Waals surface area contributed by atoms with Crippen LogP contribution in [0.15, 0.2) is 54.7 Å². The first kappa shape index (κ1) is 22.3. The van der Waals surface area contributed by atoms with E-state index in [2.05, 4.69) is 10.3 Å². The number of anilines is 1. The zero-order valence-corrected chi connectivity index (χ0v) is 17.7. The molecule has 1 amide bonds. The number of benzene rings is 2. The van der Waals surface area contributed by atoms with Crippen LogP contribution in [0.25, 0.3) is 0 Å². The molecule has 1 heterocycles. The lowest BCUT2D eigenvalue weighted by molar-refractivity contribution is -0.385. The largest absolute Gasteiger partial charge is 0.497 e. The van der Waals surface area contributed by atoms with E-state index in [-0.39, 0.29) is 35.2 Å². The van der Waals surface area contributed by atoms with Gasteiger partial charge in [0.25, 0.3) is 11.6 Å². The highest BCUT2D eigenvalue weighted by atomic mass is 16.6. The molecule has 10 heteroatoms. The Morgan fingerprint density at radius 3 is 2.41 bits per heavy atom. The van der Waals surface area contributed by atoms with Crippen LogP contribution in [0.1, 0.15) is 17.3 Å².